The number of methoxy groups -OCH3 is 1. The van der Waals surface area contributed by atoms with Crippen LogP contribution < -0.4 is 15.4 Å². The number of nitrogens with zero attached hydrogens (tertiary/aromatic N) is 4. The standard InChI is InChI=1S/C22H30N6O2S/c1-14(2)18-13-24-28-20(18)26-22(31(29)16-8-7-11-23-12-16)27-21(28)25-15(3)17-9-5-6-10-19(17)30-4/h5-6,9-10,13-16,23H,7-8,11-12H2,1-4H3,(H,25,26,27)/t15-,16+,31+/m0/s1. The maximum absolute atomic E-state index is 13.3. The summed E-state index contributed by atoms with van der Waals surface area (Å²) in [7, 11) is 1.66. The number of benzene rings is 1. The van der Waals surface area contributed by atoms with Crippen molar-refractivity contribution in [2.75, 3.05) is 25.5 Å². The molecule has 3 atom stereocenters. The molecule has 0 unspecified atom stereocenters. The molecule has 0 saturated carbocycles. The summed E-state index contributed by atoms with van der Waals surface area (Å²) < 4.78 is 20.6. The van der Waals surface area contributed by atoms with E-state index in [2.05, 4.69) is 34.6 Å². The average Bonchev–Trinajstić information content (AvgIpc) is 3.23. The summed E-state index contributed by atoms with van der Waals surface area (Å²) >= 11 is -1.30. The molecule has 3 heterocycles. The van der Waals surface area contributed by atoms with E-state index in [9.17, 15) is 4.55 Å². The van der Waals surface area contributed by atoms with Crippen molar-refractivity contribution >= 4 is 22.8 Å². The van der Waals surface area contributed by atoms with Gasteiger partial charge in [-0.1, -0.05) is 32.0 Å². The summed E-state index contributed by atoms with van der Waals surface area (Å²) in [5.41, 5.74) is 2.72. The van der Waals surface area contributed by atoms with Crippen molar-refractivity contribution in [1.29, 1.82) is 0 Å². The highest BCUT2D eigenvalue weighted by atomic mass is 32.2. The minimum Gasteiger partial charge on any atom is -0.609 e. The summed E-state index contributed by atoms with van der Waals surface area (Å²) in [6.45, 7) is 7.94. The van der Waals surface area contributed by atoms with Crippen molar-refractivity contribution in [3.8, 4) is 5.75 Å². The summed E-state index contributed by atoms with van der Waals surface area (Å²) in [4.78, 5) is 9.38. The van der Waals surface area contributed by atoms with E-state index in [-0.39, 0.29) is 17.2 Å². The first-order chi connectivity index (χ1) is 15.0. The van der Waals surface area contributed by atoms with Crippen LogP contribution in [0.15, 0.2) is 35.6 Å². The van der Waals surface area contributed by atoms with Crippen LogP contribution in [0.4, 0.5) is 5.95 Å². The van der Waals surface area contributed by atoms with E-state index < -0.39 is 11.2 Å². The first-order valence-electron chi connectivity index (χ1n) is 10.8. The number of nitrogens with one attached hydrogen (secondary N) is 2. The van der Waals surface area contributed by atoms with Gasteiger partial charge in [0.1, 0.15) is 11.0 Å². The fourth-order valence-corrected chi connectivity index (χ4v) is 5.21. The molecule has 31 heavy (non-hydrogen) atoms. The van der Waals surface area contributed by atoms with Gasteiger partial charge in [-0.2, -0.15) is 14.6 Å². The lowest BCUT2D eigenvalue weighted by Gasteiger charge is -2.24. The van der Waals surface area contributed by atoms with Gasteiger partial charge in [-0.15, -0.1) is 4.98 Å². The lowest BCUT2D eigenvalue weighted by atomic mass is 10.1. The Balaban J connectivity index is 1.74. The second-order valence-corrected chi connectivity index (χ2v) is 9.82. The van der Waals surface area contributed by atoms with E-state index in [0.717, 1.165) is 42.8 Å². The smallest absolute Gasteiger partial charge is 0.348 e. The molecule has 8 nitrogen and oxygen atoms in total. The predicted molar refractivity (Wildman–Crippen MR) is 122 cm³/mol. The number of ether oxygens (including phenoxy) is 1. The molecular weight excluding hydrogens is 412 g/mol. The summed E-state index contributed by atoms with van der Waals surface area (Å²) in [5, 5.41) is 11.7. The van der Waals surface area contributed by atoms with Crippen molar-refractivity contribution in [3.05, 3.63) is 41.6 Å². The van der Waals surface area contributed by atoms with Crippen LogP contribution in [0.2, 0.25) is 0 Å². The number of hydrogen-bond donors (Lipinski definition) is 2. The molecule has 2 aromatic heterocycles. The Morgan fingerprint density at radius 2 is 2.03 bits per heavy atom. The van der Waals surface area contributed by atoms with Crippen LogP contribution in [0.3, 0.4) is 0 Å². The van der Waals surface area contributed by atoms with Crippen LogP contribution in [-0.2, 0) is 11.2 Å². The minimum atomic E-state index is -1.30. The van der Waals surface area contributed by atoms with Gasteiger partial charge in [-0.05, 0) is 38.3 Å². The van der Waals surface area contributed by atoms with Gasteiger partial charge >= 0.3 is 5.16 Å². The molecule has 9 heteroatoms. The van der Waals surface area contributed by atoms with Gasteiger partial charge in [0.2, 0.25) is 5.95 Å². The monoisotopic (exact) mass is 442 g/mol. The van der Waals surface area contributed by atoms with E-state index in [0.29, 0.717) is 16.8 Å². The SMILES string of the molecule is COc1ccccc1[C@H](C)Nc1nc([S@+]([O-])[C@@H]2CCCNC2)nc2c(C(C)C)cnn12. The molecular formula is C22H30N6O2S. The van der Waals surface area contributed by atoms with Gasteiger partial charge in [0.15, 0.2) is 5.65 Å². The minimum absolute atomic E-state index is 0.0149. The lowest BCUT2D eigenvalue weighted by molar-refractivity contribution is 0.408. The fourth-order valence-electron chi connectivity index (χ4n) is 3.91. The van der Waals surface area contributed by atoms with Crippen LogP contribution in [0.25, 0.3) is 5.65 Å². The normalized spacial score (nSPS) is 18.8. The quantitative estimate of drug-likeness (QED) is 0.542. The van der Waals surface area contributed by atoms with E-state index in [1.165, 1.54) is 0 Å². The highest BCUT2D eigenvalue weighted by molar-refractivity contribution is 7.91. The number of hydrogen-bond acceptors (Lipinski definition) is 7. The molecule has 166 valence electrons. The molecule has 0 amide bonds. The molecule has 3 aromatic rings. The van der Waals surface area contributed by atoms with Gasteiger partial charge < -0.3 is 19.9 Å². The van der Waals surface area contributed by atoms with Crippen LogP contribution in [0, 0.1) is 0 Å². The molecule has 0 bridgehead atoms. The number of piperidine rings is 1. The topological polar surface area (TPSA) is 99.4 Å². The molecule has 0 aliphatic carbocycles. The first kappa shape index (κ1) is 21.9. The van der Waals surface area contributed by atoms with Gasteiger partial charge in [-0.3, -0.25) is 0 Å². The maximum Gasteiger partial charge on any atom is 0.348 e. The second-order valence-electron chi connectivity index (χ2n) is 8.19. The number of rotatable bonds is 7. The third-order valence-electron chi connectivity index (χ3n) is 5.68. The molecule has 0 spiro atoms. The molecule has 0 radical (unpaired) electrons. The molecule has 1 aliphatic heterocycles. The Kier molecular flexibility index (Phi) is 6.64. The Hall–Kier alpha value is -2.36. The molecule has 1 aromatic carbocycles. The molecule has 4 rings (SSSR count). The number of aromatic nitrogens is 4. The molecule has 1 fully saturated rings. The predicted octanol–water partition coefficient (Wildman–Crippen LogP) is 3.29. The van der Waals surface area contributed by atoms with E-state index >= 15 is 0 Å². The number of anilines is 1. The Morgan fingerprint density at radius 3 is 2.74 bits per heavy atom. The number of fused-ring (bicyclic) bond motifs is 1. The van der Waals surface area contributed by atoms with E-state index in [4.69, 9.17) is 9.72 Å². The van der Waals surface area contributed by atoms with Crippen molar-refractivity contribution in [1.82, 2.24) is 24.9 Å². The summed E-state index contributed by atoms with van der Waals surface area (Å²) in [6, 6.07) is 7.78. The second kappa shape index (κ2) is 9.42. The lowest BCUT2D eigenvalue weighted by Crippen LogP contribution is -2.39. The van der Waals surface area contributed by atoms with Crippen LogP contribution >= 0.6 is 0 Å². The van der Waals surface area contributed by atoms with Gasteiger partial charge in [-0.25, -0.2) is 0 Å². The fraction of sp³-hybridized carbons (Fsp3) is 0.500. The van der Waals surface area contributed by atoms with Crippen LogP contribution in [0.5, 0.6) is 5.75 Å². The van der Waals surface area contributed by atoms with Gasteiger partial charge in [0.25, 0.3) is 0 Å². The van der Waals surface area contributed by atoms with Crippen molar-refractivity contribution in [2.45, 2.75) is 56.0 Å². The molecule has 1 saturated heterocycles. The maximum atomic E-state index is 13.3. The van der Waals surface area contributed by atoms with Crippen LogP contribution in [-0.4, -0.2) is 49.6 Å². The largest absolute Gasteiger partial charge is 0.609 e. The van der Waals surface area contributed by atoms with E-state index in [1.54, 1.807) is 11.6 Å². The van der Waals surface area contributed by atoms with Crippen molar-refractivity contribution in [3.63, 3.8) is 0 Å². The Bertz CT molecular complexity index is 1030. The Morgan fingerprint density at radius 1 is 1.23 bits per heavy atom. The molecule has 2 N–H and O–H groups in total. The average molecular weight is 443 g/mol. The Labute approximate surface area is 186 Å². The summed E-state index contributed by atoms with van der Waals surface area (Å²) in [5.74, 6) is 1.57. The summed E-state index contributed by atoms with van der Waals surface area (Å²) in [6.07, 6.45) is 3.74. The molecule has 1 aliphatic rings. The van der Waals surface area contributed by atoms with Gasteiger partial charge in [0.05, 0.1) is 19.3 Å². The zero-order valence-corrected chi connectivity index (χ0v) is 19.3. The van der Waals surface area contributed by atoms with Crippen LogP contribution in [0.1, 0.15) is 56.7 Å². The third kappa shape index (κ3) is 4.49. The zero-order valence-electron chi connectivity index (χ0n) is 18.5. The zero-order chi connectivity index (χ0) is 22.0. The van der Waals surface area contributed by atoms with Crippen molar-refractivity contribution in [2.24, 2.45) is 0 Å². The first-order valence-corrected chi connectivity index (χ1v) is 12.0. The van der Waals surface area contributed by atoms with E-state index in [1.807, 2.05) is 37.4 Å². The number of para-hydroxylation sites is 1. The van der Waals surface area contributed by atoms with Crippen molar-refractivity contribution < 1.29 is 9.29 Å². The third-order valence-corrected chi connectivity index (χ3v) is 7.23. The highest BCUT2D eigenvalue weighted by Crippen LogP contribution is 2.29. The van der Waals surface area contributed by atoms with Gasteiger partial charge in [0, 0.05) is 28.8 Å². The highest BCUT2D eigenvalue weighted by Gasteiger charge is 2.31.